The van der Waals surface area contributed by atoms with E-state index in [-0.39, 0.29) is 11.5 Å². The monoisotopic (exact) mass is 276 g/mol. The van der Waals surface area contributed by atoms with Gasteiger partial charge in [-0.05, 0) is 18.8 Å². The molecule has 0 aromatic heterocycles. The third-order valence-electron chi connectivity index (χ3n) is 2.41. The summed E-state index contributed by atoms with van der Waals surface area (Å²) >= 11 is 0. The second-order valence-corrected chi connectivity index (χ2v) is 8.84. The van der Waals surface area contributed by atoms with Crippen LogP contribution >= 0.6 is 10.7 Å². The molecule has 1 rings (SSSR count). The molecule has 0 spiro atoms. The van der Waals surface area contributed by atoms with Crippen LogP contribution in [-0.2, 0) is 18.9 Å². The van der Waals surface area contributed by atoms with Crippen molar-refractivity contribution in [1.82, 2.24) is 0 Å². The van der Waals surface area contributed by atoms with E-state index in [1.807, 2.05) is 0 Å². The first-order chi connectivity index (χ1) is 6.70. The summed E-state index contributed by atoms with van der Waals surface area (Å²) in [5.74, 6) is -1.14. The number of halogens is 1. The van der Waals surface area contributed by atoms with Crippen molar-refractivity contribution in [2.45, 2.75) is 18.9 Å². The second kappa shape index (κ2) is 4.57. The molecule has 15 heavy (non-hydrogen) atoms. The highest BCUT2D eigenvalue weighted by atomic mass is 35.7. The molecule has 2 unspecified atom stereocenters. The fourth-order valence-electron chi connectivity index (χ4n) is 1.70. The molecule has 8 heteroatoms. The van der Waals surface area contributed by atoms with Crippen molar-refractivity contribution in [3.8, 4) is 0 Å². The van der Waals surface area contributed by atoms with E-state index in [9.17, 15) is 21.9 Å². The summed E-state index contributed by atoms with van der Waals surface area (Å²) in [5, 5.41) is 9.51. The summed E-state index contributed by atoms with van der Waals surface area (Å²) in [4.78, 5) is 0. The lowest BCUT2D eigenvalue weighted by atomic mass is 10.0. The van der Waals surface area contributed by atoms with E-state index in [0.717, 1.165) is 0 Å². The molecule has 0 bridgehead atoms. The van der Waals surface area contributed by atoms with E-state index in [2.05, 4.69) is 0 Å². The fraction of sp³-hybridized carbons (Fsp3) is 1.00. The zero-order valence-corrected chi connectivity index (χ0v) is 10.4. The second-order valence-electron chi connectivity index (χ2n) is 3.79. The van der Waals surface area contributed by atoms with Crippen molar-refractivity contribution in [3.63, 3.8) is 0 Å². The molecule has 0 aliphatic carbocycles. The highest BCUT2D eigenvalue weighted by Crippen LogP contribution is 2.22. The largest absolute Gasteiger partial charge is 0.392 e. The number of rotatable bonds is 3. The Kier molecular flexibility index (Phi) is 4.02. The smallest absolute Gasteiger partial charge is 0.235 e. The van der Waals surface area contributed by atoms with Crippen molar-refractivity contribution in [1.29, 1.82) is 0 Å². The van der Waals surface area contributed by atoms with Crippen LogP contribution in [0.15, 0.2) is 0 Å². The van der Waals surface area contributed by atoms with Crippen LogP contribution in [-0.4, -0.2) is 45.3 Å². The minimum Gasteiger partial charge on any atom is -0.392 e. The van der Waals surface area contributed by atoms with Gasteiger partial charge in [-0.15, -0.1) is 0 Å². The number of aliphatic hydroxyl groups excluding tert-OH is 1. The molecule has 90 valence electrons. The molecule has 1 N–H and O–H groups in total. The van der Waals surface area contributed by atoms with Gasteiger partial charge < -0.3 is 5.11 Å². The summed E-state index contributed by atoms with van der Waals surface area (Å²) in [5.41, 5.74) is 0. The summed E-state index contributed by atoms with van der Waals surface area (Å²) in [6.45, 7) is 0. The minimum absolute atomic E-state index is 0.115. The van der Waals surface area contributed by atoms with E-state index >= 15 is 0 Å². The van der Waals surface area contributed by atoms with Gasteiger partial charge in [-0.3, -0.25) is 0 Å². The van der Waals surface area contributed by atoms with Crippen molar-refractivity contribution < 1.29 is 21.9 Å². The summed E-state index contributed by atoms with van der Waals surface area (Å²) < 4.78 is 43.9. The van der Waals surface area contributed by atoms with Gasteiger partial charge >= 0.3 is 0 Å². The van der Waals surface area contributed by atoms with Crippen LogP contribution in [0.25, 0.3) is 0 Å². The molecule has 1 heterocycles. The van der Waals surface area contributed by atoms with Gasteiger partial charge in [0.05, 0.1) is 23.4 Å². The Bertz CT molecular complexity index is 413. The van der Waals surface area contributed by atoms with Gasteiger partial charge in [0, 0.05) is 10.7 Å². The van der Waals surface area contributed by atoms with Crippen LogP contribution in [0.4, 0.5) is 0 Å². The van der Waals surface area contributed by atoms with Crippen LogP contribution in [0.5, 0.6) is 0 Å². The van der Waals surface area contributed by atoms with Crippen LogP contribution in [0.2, 0.25) is 0 Å². The van der Waals surface area contributed by atoms with Crippen LogP contribution in [0, 0.1) is 5.92 Å². The number of aliphatic hydroxyl groups is 1. The Balaban J connectivity index is 2.65. The highest BCUT2D eigenvalue weighted by Gasteiger charge is 2.31. The zero-order valence-electron chi connectivity index (χ0n) is 7.96. The zero-order chi connectivity index (χ0) is 11.7. The van der Waals surface area contributed by atoms with Gasteiger partial charge in [0.25, 0.3) is 0 Å². The van der Waals surface area contributed by atoms with Crippen molar-refractivity contribution in [2.75, 3.05) is 17.3 Å². The molecule has 0 saturated carbocycles. The fourth-order valence-corrected chi connectivity index (χ4v) is 4.58. The lowest BCUT2D eigenvalue weighted by Gasteiger charge is -2.25. The molecule has 0 amide bonds. The standard InChI is InChI=1S/C7H13ClO5S2/c8-15(12,13)5-7(9)6-2-1-3-14(10,11)4-6/h6-7,9H,1-5H2. The number of hydrogen-bond donors (Lipinski definition) is 1. The molecule has 1 aliphatic rings. The molecule has 5 nitrogen and oxygen atoms in total. The van der Waals surface area contributed by atoms with E-state index in [1.54, 1.807) is 0 Å². The topological polar surface area (TPSA) is 88.5 Å². The molecular weight excluding hydrogens is 264 g/mol. The first-order valence-electron chi connectivity index (χ1n) is 4.50. The average Bonchev–Trinajstić information content (AvgIpc) is 1.99. The molecular formula is C7H13ClO5S2. The predicted molar refractivity (Wildman–Crippen MR) is 57.0 cm³/mol. The van der Waals surface area contributed by atoms with Gasteiger partial charge in [-0.2, -0.15) is 0 Å². The number of hydrogen-bond acceptors (Lipinski definition) is 5. The van der Waals surface area contributed by atoms with Crippen molar-refractivity contribution in [2.24, 2.45) is 5.92 Å². The Hall–Kier alpha value is 0.150. The Morgan fingerprint density at radius 3 is 2.53 bits per heavy atom. The maximum absolute atomic E-state index is 11.2. The van der Waals surface area contributed by atoms with Crippen molar-refractivity contribution in [3.05, 3.63) is 0 Å². The third-order valence-corrected chi connectivity index (χ3v) is 5.38. The SMILES string of the molecule is O=S(=O)(Cl)CC(O)C1CCCS(=O)(=O)C1. The van der Waals surface area contributed by atoms with Gasteiger partial charge in [0.2, 0.25) is 9.05 Å². The van der Waals surface area contributed by atoms with Crippen LogP contribution in [0.1, 0.15) is 12.8 Å². The van der Waals surface area contributed by atoms with Crippen molar-refractivity contribution >= 4 is 29.6 Å². The minimum atomic E-state index is -3.78. The van der Waals surface area contributed by atoms with E-state index in [0.29, 0.717) is 12.8 Å². The Labute approximate surface area is 93.8 Å². The summed E-state index contributed by atoms with van der Waals surface area (Å²) in [6.07, 6.45) is -0.207. The maximum atomic E-state index is 11.2. The van der Waals surface area contributed by atoms with Gasteiger partial charge in [-0.1, -0.05) is 0 Å². The molecule has 0 radical (unpaired) electrons. The van der Waals surface area contributed by atoms with Crippen LogP contribution in [0.3, 0.4) is 0 Å². The molecule has 1 aliphatic heterocycles. The molecule has 1 fully saturated rings. The number of sulfone groups is 1. The lowest BCUT2D eigenvalue weighted by molar-refractivity contribution is 0.132. The highest BCUT2D eigenvalue weighted by molar-refractivity contribution is 8.13. The Morgan fingerprint density at radius 1 is 1.47 bits per heavy atom. The predicted octanol–water partition coefficient (Wildman–Crippen LogP) is -0.259. The van der Waals surface area contributed by atoms with E-state index in [1.165, 1.54) is 0 Å². The summed E-state index contributed by atoms with van der Waals surface area (Å²) in [7, 11) is -1.93. The normalized spacial score (nSPS) is 28.5. The molecule has 1 saturated heterocycles. The maximum Gasteiger partial charge on any atom is 0.235 e. The average molecular weight is 277 g/mol. The molecule has 2 atom stereocenters. The first-order valence-corrected chi connectivity index (χ1v) is 8.80. The Morgan fingerprint density at radius 2 is 2.07 bits per heavy atom. The van der Waals surface area contributed by atoms with Gasteiger partial charge in [0.1, 0.15) is 0 Å². The third kappa shape index (κ3) is 4.67. The van der Waals surface area contributed by atoms with Gasteiger partial charge in [-0.25, -0.2) is 16.8 Å². The molecule has 0 aromatic rings. The first kappa shape index (κ1) is 13.2. The van der Waals surface area contributed by atoms with E-state index in [4.69, 9.17) is 10.7 Å². The van der Waals surface area contributed by atoms with Gasteiger partial charge in [0.15, 0.2) is 9.84 Å². The molecule has 0 aromatic carbocycles. The van der Waals surface area contributed by atoms with Crippen LogP contribution < -0.4 is 0 Å². The summed E-state index contributed by atoms with van der Waals surface area (Å²) in [6, 6.07) is 0. The quantitative estimate of drug-likeness (QED) is 0.718. The van der Waals surface area contributed by atoms with E-state index < -0.39 is 36.7 Å². The lowest BCUT2D eigenvalue weighted by Crippen LogP contribution is -2.36.